The van der Waals surface area contributed by atoms with Crippen molar-refractivity contribution in [2.75, 3.05) is 7.11 Å². The molecule has 1 atom stereocenters. The highest BCUT2D eigenvalue weighted by atomic mass is 35.5. The summed E-state index contributed by atoms with van der Waals surface area (Å²) in [4.78, 5) is 11.9. The third-order valence-corrected chi connectivity index (χ3v) is 5.28. The second-order valence-corrected chi connectivity index (χ2v) is 6.42. The fourth-order valence-electron chi connectivity index (χ4n) is 4.30. The molecule has 0 unspecified atom stereocenters. The van der Waals surface area contributed by atoms with Gasteiger partial charge in [0.25, 0.3) is 0 Å². The Morgan fingerprint density at radius 3 is 1.70 bits per heavy atom. The summed E-state index contributed by atoms with van der Waals surface area (Å²) >= 11 is 0. The van der Waals surface area contributed by atoms with E-state index in [0.717, 1.165) is 0 Å². The van der Waals surface area contributed by atoms with Gasteiger partial charge >= 0.3 is 5.97 Å². The normalized spacial score (nSPS) is 23.1. The molecule has 0 amide bonds. The second kappa shape index (κ2) is 8.89. The smallest absolute Gasteiger partial charge is 0.322 e. The number of rotatable bonds is 4. The monoisotopic (exact) mass is 303 g/mol. The molecular weight excluding hydrogens is 274 g/mol. The molecule has 0 radical (unpaired) electrons. The highest BCUT2D eigenvalue weighted by Gasteiger charge is 2.38. The van der Waals surface area contributed by atoms with Gasteiger partial charge in [-0.05, 0) is 17.8 Å². The predicted molar refractivity (Wildman–Crippen MR) is 83.9 cm³/mol. The summed E-state index contributed by atoms with van der Waals surface area (Å²) in [6, 6.07) is -0.406. The van der Waals surface area contributed by atoms with Crippen molar-refractivity contribution in [3.05, 3.63) is 0 Å². The maximum absolute atomic E-state index is 11.9. The number of hydrogen-bond donors (Lipinski definition) is 1. The fourth-order valence-corrected chi connectivity index (χ4v) is 4.30. The minimum atomic E-state index is -0.406. The summed E-state index contributed by atoms with van der Waals surface area (Å²) in [6.07, 6.45) is 12.9. The summed E-state index contributed by atoms with van der Waals surface area (Å²) in [5, 5.41) is 0. The first-order chi connectivity index (χ1) is 9.24. The Labute approximate surface area is 129 Å². The molecule has 0 bridgehead atoms. The van der Waals surface area contributed by atoms with Gasteiger partial charge in [0.1, 0.15) is 6.04 Å². The largest absolute Gasteiger partial charge is 0.468 e. The van der Waals surface area contributed by atoms with Crippen LogP contribution in [0.4, 0.5) is 0 Å². The number of carbonyl (C=O) groups excluding carboxylic acids is 1. The first-order valence-corrected chi connectivity index (χ1v) is 8.07. The Balaban J connectivity index is 0.00000200. The molecular formula is C16H30ClNO2. The van der Waals surface area contributed by atoms with E-state index >= 15 is 0 Å². The lowest BCUT2D eigenvalue weighted by Gasteiger charge is -2.40. The summed E-state index contributed by atoms with van der Waals surface area (Å²) < 4.78 is 4.91. The van der Waals surface area contributed by atoms with Crippen LogP contribution in [0.1, 0.15) is 64.2 Å². The second-order valence-electron chi connectivity index (χ2n) is 6.42. The van der Waals surface area contributed by atoms with Crippen molar-refractivity contribution in [3.8, 4) is 0 Å². The quantitative estimate of drug-likeness (QED) is 0.806. The van der Waals surface area contributed by atoms with Crippen LogP contribution >= 0.6 is 12.4 Å². The SMILES string of the molecule is COC(=O)[C@@H](N)C(C1CCCCC1)C1CCCCC1.Cl. The summed E-state index contributed by atoms with van der Waals surface area (Å²) in [5.74, 6) is 1.44. The Morgan fingerprint density at radius 1 is 0.950 bits per heavy atom. The Bertz CT molecular complexity index is 268. The zero-order valence-corrected chi connectivity index (χ0v) is 13.5. The molecule has 0 heterocycles. The summed E-state index contributed by atoms with van der Waals surface area (Å²) in [6.45, 7) is 0. The molecule has 0 spiro atoms. The molecule has 0 aromatic rings. The van der Waals surface area contributed by atoms with Gasteiger partial charge in [-0.2, -0.15) is 0 Å². The van der Waals surface area contributed by atoms with Crippen LogP contribution in [0, 0.1) is 17.8 Å². The number of hydrogen-bond acceptors (Lipinski definition) is 3. The van der Waals surface area contributed by atoms with Gasteiger partial charge in [-0.15, -0.1) is 12.4 Å². The molecule has 2 saturated carbocycles. The highest BCUT2D eigenvalue weighted by Crippen LogP contribution is 2.41. The molecule has 0 saturated heterocycles. The van der Waals surface area contributed by atoms with Gasteiger partial charge in [-0.3, -0.25) is 4.79 Å². The third-order valence-electron chi connectivity index (χ3n) is 5.28. The molecule has 2 aliphatic rings. The molecule has 0 aliphatic heterocycles. The maximum Gasteiger partial charge on any atom is 0.322 e. The maximum atomic E-state index is 11.9. The molecule has 2 rings (SSSR count). The van der Waals surface area contributed by atoms with E-state index in [9.17, 15) is 4.79 Å². The number of esters is 1. The number of nitrogens with two attached hydrogens (primary N) is 1. The average molecular weight is 304 g/mol. The molecule has 0 aromatic heterocycles. The van der Waals surface area contributed by atoms with Gasteiger partial charge < -0.3 is 10.5 Å². The van der Waals surface area contributed by atoms with Crippen LogP contribution in [0.3, 0.4) is 0 Å². The summed E-state index contributed by atoms with van der Waals surface area (Å²) in [7, 11) is 1.46. The van der Waals surface area contributed by atoms with Gasteiger partial charge in [0.05, 0.1) is 7.11 Å². The molecule has 3 nitrogen and oxygen atoms in total. The summed E-state index contributed by atoms with van der Waals surface area (Å²) in [5.41, 5.74) is 6.26. The third kappa shape index (κ3) is 4.36. The Kier molecular flexibility index (Phi) is 7.90. The minimum Gasteiger partial charge on any atom is -0.468 e. The first kappa shape index (κ1) is 17.8. The molecule has 4 heteroatoms. The van der Waals surface area contributed by atoms with Crippen LogP contribution in [0.5, 0.6) is 0 Å². The van der Waals surface area contributed by atoms with Crippen molar-refractivity contribution in [1.29, 1.82) is 0 Å². The topological polar surface area (TPSA) is 52.3 Å². The van der Waals surface area contributed by atoms with Crippen LogP contribution in [0.25, 0.3) is 0 Å². The van der Waals surface area contributed by atoms with Gasteiger partial charge in [0.2, 0.25) is 0 Å². The molecule has 2 fully saturated rings. The predicted octanol–water partition coefficient (Wildman–Crippen LogP) is 3.69. The van der Waals surface area contributed by atoms with Gasteiger partial charge in [0.15, 0.2) is 0 Å². The number of ether oxygens (including phenoxy) is 1. The van der Waals surface area contributed by atoms with Crippen LogP contribution in [0.2, 0.25) is 0 Å². The molecule has 2 aliphatic carbocycles. The lowest BCUT2D eigenvalue weighted by atomic mass is 9.67. The van der Waals surface area contributed by atoms with Gasteiger partial charge in [0, 0.05) is 0 Å². The fraction of sp³-hybridized carbons (Fsp3) is 0.938. The molecule has 118 valence electrons. The van der Waals surface area contributed by atoms with Crippen LogP contribution < -0.4 is 5.73 Å². The van der Waals surface area contributed by atoms with E-state index in [4.69, 9.17) is 10.5 Å². The lowest BCUT2D eigenvalue weighted by molar-refractivity contribution is -0.145. The molecule has 2 N–H and O–H groups in total. The van der Waals surface area contributed by atoms with Crippen molar-refractivity contribution in [2.24, 2.45) is 23.5 Å². The Morgan fingerprint density at radius 2 is 1.35 bits per heavy atom. The zero-order valence-electron chi connectivity index (χ0n) is 12.7. The van der Waals surface area contributed by atoms with Crippen molar-refractivity contribution in [2.45, 2.75) is 70.3 Å². The number of methoxy groups -OCH3 is 1. The van der Waals surface area contributed by atoms with Crippen LogP contribution in [-0.2, 0) is 9.53 Å². The zero-order chi connectivity index (χ0) is 13.7. The van der Waals surface area contributed by atoms with E-state index in [2.05, 4.69) is 0 Å². The van der Waals surface area contributed by atoms with E-state index in [1.54, 1.807) is 0 Å². The van der Waals surface area contributed by atoms with Crippen LogP contribution in [0.15, 0.2) is 0 Å². The molecule has 0 aromatic carbocycles. The van der Waals surface area contributed by atoms with Crippen molar-refractivity contribution < 1.29 is 9.53 Å². The van der Waals surface area contributed by atoms with E-state index in [0.29, 0.717) is 17.8 Å². The number of carbonyl (C=O) groups is 1. The molecule has 20 heavy (non-hydrogen) atoms. The standard InChI is InChI=1S/C16H29NO2.ClH/c1-19-16(18)15(17)14(12-8-4-2-5-9-12)13-10-6-3-7-11-13;/h12-15H,2-11,17H2,1H3;1H/t15-;/m0./s1. The van der Waals surface area contributed by atoms with E-state index in [1.807, 2.05) is 0 Å². The van der Waals surface area contributed by atoms with E-state index < -0.39 is 6.04 Å². The van der Waals surface area contributed by atoms with Crippen LogP contribution in [-0.4, -0.2) is 19.1 Å². The minimum absolute atomic E-state index is 0. The first-order valence-electron chi connectivity index (χ1n) is 8.07. The Hall–Kier alpha value is -0.280. The van der Waals surface area contributed by atoms with Crippen molar-refractivity contribution in [3.63, 3.8) is 0 Å². The lowest BCUT2D eigenvalue weighted by Crippen LogP contribution is -2.46. The van der Waals surface area contributed by atoms with E-state index in [1.165, 1.54) is 71.3 Å². The van der Waals surface area contributed by atoms with E-state index in [-0.39, 0.29) is 18.4 Å². The number of halogens is 1. The van der Waals surface area contributed by atoms with Gasteiger partial charge in [-0.25, -0.2) is 0 Å². The van der Waals surface area contributed by atoms with Crippen molar-refractivity contribution in [1.82, 2.24) is 0 Å². The van der Waals surface area contributed by atoms with Gasteiger partial charge in [-0.1, -0.05) is 64.2 Å². The van der Waals surface area contributed by atoms with Crippen molar-refractivity contribution >= 4 is 18.4 Å². The average Bonchev–Trinajstić information content (AvgIpc) is 2.49. The highest BCUT2D eigenvalue weighted by molar-refractivity contribution is 5.85.